The summed E-state index contributed by atoms with van der Waals surface area (Å²) in [6.07, 6.45) is 0. The molecule has 0 aliphatic carbocycles. The van der Waals surface area contributed by atoms with Crippen molar-refractivity contribution >= 4 is 33.2 Å². The van der Waals surface area contributed by atoms with Crippen molar-refractivity contribution in [1.82, 2.24) is 4.98 Å². The molecule has 0 unspecified atom stereocenters. The van der Waals surface area contributed by atoms with E-state index in [1.165, 1.54) is 0 Å². The van der Waals surface area contributed by atoms with E-state index in [0.29, 0.717) is 10.9 Å². The zero-order chi connectivity index (χ0) is 16.9. The Hall–Kier alpha value is -3.29. The van der Waals surface area contributed by atoms with Gasteiger partial charge < -0.3 is 4.98 Å². The van der Waals surface area contributed by atoms with Crippen molar-refractivity contribution in [2.24, 2.45) is 0 Å². The zero-order valence-corrected chi connectivity index (χ0v) is 12.2. The van der Waals surface area contributed by atoms with Crippen LogP contribution in [0.5, 0.6) is 0 Å². The highest BCUT2D eigenvalue weighted by Crippen LogP contribution is 2.29. The minimum absolute atomic E-state index is 0.0126. The quantitative estimate of drug-likeness (QED) is 0.443. The van der Waals surface area contributed by atoms with Crippen LogP contribution in [0.1, 0.15) is 11.1 Å². The summed E-state index contributed by atoms with van der Waals surface area (Å²) in [6.45, 7) is 3.70. The summed E-state index contributed by atoms with van der Waals surface area (Å²) in [5.41, 5.74) is 0.816. The van der Waals surface area contributed by atoms with Gasteiger partial charge in [-0.15, -0.1) is 0 Å². The first-order valence-corrected chi connectivity index (χ1v) is 6.69. The lowest BCUT2D eigenvalue weighted by atomic mass is 10.0. The van der Waals surface area contributed by atoms with Crippen LogP contribution in [0.15, 0.2) is 29.1 Å². The molecule has 2 aromatic carbocycles. The molecule has 8 heteroatoms. The predicted molar refractivity (Wildman–Crippen MR) is 84.9 cm³/mol. The minimum atomic E-state index is -0.754. The Balaban J connectivity index is 2.58. The lowest BCUT2D eigenvalue weighted by Gasteiger charge is -2.06. The van der Waals surface area contributed by atoms with E-state index in [1.807, 2.05) is 13.8 Å². The third kappa shape index (κ3) is 2.20. The maximum atomic E-state index is 12.6. The molecule has 0 atom stereocenters. The molecular weight excluding hydrogens is 302 g/mol. The summed E-state index contributed by atoms with van der Waals surface area (Å²) in [6, 6.07) is 5.32. The van der Waals surface area contributed by atoms with E-state index in [2.05, 4.69) is 4.98 Å². The van der Waals surface area contributed by atoms with Gasteiger partial charge in [0.05, 0.1) is 26.8 Å². The average molecular weight is 313 g/mol. The molecule has 0 bridgehead atoms. The highest BCUT2D eigenvalue weighted by atomic mass is 16.6. The second kappa shape index (κ2) is 4.87. The predicted octanol–water partition coefficient (Wildman–Crippen LogP) is 3.11. The fourth-order valence-electron chi connectivity index (χ4n) is 2.56. The number of non-ortho nitro benzene ring substituents is 2. The van der Waals surface area contributed by atoms with Gasteiger partial charge in [-0.25, -0.2) is 0 Å². The van der Waals surface area contributed by atoms with Gasteiger partial charge in [-0.2, -0.15) is 0 Å². The zero-order valence-electron chi connectivity index (χ0n) is 12.2. The summed E-state index contributed by atoms with van der Waals surface area (Å²) < 4.78 is 0. The normalized spacial score (nSPS) is 11.0. The summed E-state index contributed by atoms with van der Waals surface area (Å²) in [5.74, 6) is 0. The second-order valence-corrected chi connectivity index (χ2v) is 5.34. The number of benzene rings is 2. The maximum absolute atomic E-state index is 12.6. The minimum Gasteiger partial charge on any atom is -0.349 e. The van der Waals surface area contributed by atoms with Crippen molar-refractivity contribution < 1.29 is 9.85 Å². The number of nitrogens with zero attached hydrogens (tertiary/aromatic N) is 2. The van der Waals surface area contributed by atoms with Crippen molar-refractivity contribution in [3.8, 4) is 0 Å². The number of nitro benzene ring substituents is 2. The van der Waals surface area contributed by atoms with Crippen molar-refractivity contribution in [3.05, 3.63) is 65.8 Å². The molecular formula is C15H11N3O5. The van der Waals surface area contributed by atoms with Crippen LogP contribution < -0.4 is 5.43 Å². The van der Waals surface area contributed by atoms with Crippen LogP contribution in [0, 0.1) is 34.1 Å². The van der Waals surface area contributed by atoms with Crippen LogP contribution in [-0.2, 0) is 0 Å². The molecule has 3 aromatic rings. The number of nitrogens with one attached hydrogen (secondary N) is 1. The van der Waals surface area contributed by atoms with E-state index in [0.717, 1.165) is 23.3 Å². The van der Waals surface area contributed by atoms with Gasteiger partial charge in [-0.3, -0.25) is 25.0 Å². The van der Waals surface area contributed by atoms with E-state index in [9.17, 15) is 25.0 Å². The van der Waals surface area contributed by atoms with Crippen LogP contribution in [0.2, 0.25) is 0 Å². The molecule has 1 aromatic heterocycles. The first-order chi connectivity index (χ1) is 10.8. The third-order valence-corrected chi connectivity index (χ3v) is 3.89. The van der Waals surface area contributed by atoms with Crippen molar-refractivity contribution in [1.29, 1.82) is 0 Å². The lowest BCUT2D eigenvalue weighted by Crippen LogP contribution is -2.07. The van der Waals surface area contributed by atoms with Gasteiger partial charge in [0.2, 0.25) is 0 Å². The fourth-order valence-corrected chi connectivity index (χ4v) is 2.56. The highest BCUT2D eigenvalue weighted by Gasteiger charge is 2.22. The lowest BCUT2D eigenvalue weighted by molar-refractivity contribution is -0.393. The number of H-pyrrole nitrogens is 1. The Labute approximate surface area is 128 Å². The van der Waals surface area contributed by atoms with Crippen molar-refractivity contribution in [2.45, 2.75) is 13.8 Å². The topological polar surface area (TPSA) is 119 Å². The van der Waals surface area contributed by atoms with Crippen molar-refractivity contribution in [2.75, 3.05) is 0 Å². The van der Waals surface area contributed by atoms with E-state index >= 15 is 0 Å². The standard InChI is InChI=1S/C15H11N3O5/c1-7-3-10-12(4-8(7)2)16-14-11(15(10)19)5-9(17(20)21)6-13(14)18(22)23/h3-6H,1-2H3,(H,16,19). The SMILES string of the molecule is Cc1cc2[nH]c3c([N+](=O)[O-])cc([N+](=O)[O-])cc3c(=O)c2cc1C. The Morgan fingerprint density at radius 3 is 2.17 bits per heavy atom. The molecule has 0 aliphatic rings. The number of aryl methyl sites for hydroxylation is 2. The van der Waals surface area contributed by atoms with Crippen LogP contribution in [0.4, 0.5) is 11.4 Å². The van der Waals surface area contributed by atoms with Gasteiger partial charge in [-0.1, -0.05) is 0 Å². The van der Waals surface area contributed by atoms with Gasteiger partial charge in [0.25, 0.3) is 11.4 Å². The van der Waals surface area contributed by atoms with Gasteiger partial charge in [0.15, 0.2) is 5.43 Å². The summed E-state index contributed by atoms with van der Waals surface area (Å²) in [7, 11) is 0. The molecule has 1 heterocycles. The summed E-state index contributed by atoms with van der Waals surface area (Å²) in [5, 5.41) is 22.5. The Kier molecular flexibility index (Phi) is 3.10. The van der Waals surface area contributed by atoms with Gasteiger partial charge in [0, 0.05) is 11.5 Å². The molecule has 8 nitrogen and oxygen atoms in total. The third-order valence-electron chi connectivity index (χ3n) is 3.89. The van der Waals surface area contributed by atoms with E-state index in [-0.39, 0.29) is 10.9 Å². The molecule has 0 fully saturated rings. The number of fused-ring (bicyclic) bond motifs is 2. The molecule has 0 aliphatic heterocycles. The molecule has 0 radical (unpaired) electrons. The van der Waals surface area contributed by atoms with Crippen LogP contribution in [-0.4, -0.2) is 14.8 Å². The fraction of sp³-hybridized carbons (Fsp3) is 0.133. The molecule has 0 amide bonds. The average Bonchev–Trinajstić information content (AvgIpc) is 2.48. The van der Waals surface area contributed by atoms with Gasteiger partial charge in [-0.05, 0) is 37.1 Å². The number of nitro groups is 2. The molecule has 0 spiro atoms. The van der Waals surface area contributed by atoms with E-state index in [4.69, 9.17) is 0 Å². The number of aromatic amines is 1. The number of hydrogen-bond acceptors (Lipinski definition) is 5. The largest absolute Gasteiger partial charge is 0.349 e. The maximum Gasteiger partial charge on any atom is 0.300 e. The van der Waals surface area contributed by atoms with E-state index < -0.39 is 26.7 Å². The highest BCUT2D eigenvalue weighted by molar-refractivity contribution is 5.98. The number of hydrogen-bond donors (Lipinski definition) is 1. The summed E-state index contributed by atoms with van der Waals surface area (Å²) in [4.78, 5) is 36.2. The molecule has 3 rings (SSSR count). The second-order valence-electron chi connectivity index (χ2n) is 5.34. The van der Waals surface area contributed by atoms with Gasteiger partial charge >= 0.3 is 0 Å². The van der Waals surface area contributed by atoms with Crippen LogP contribution in [0.3, 0.4) is 0 Å². The smallest absolute Gasteiger partial charge is 0.300 e. The van der Waals surface area contributed by atoms with Crippen LogP contribution in [0.25, 0.3) is 21.8 Å². The number of aromatic nitrogens is 1. The Morgan fingerprint density at radius 1 is 0.913 bits per heavy atom. The Bertz CT molecular complexity index is 1070. The van der Waals surface area contributed by atoms with Crippen LogP contribution >= 0.6 is 0 Å². The number of pyridine rings is 1. The monoisotopic (exact) mass is 313 g/mol. The molecule has 0 saturated heterocycles. The number of rotatable bonds is 2. The molecule has 23 heavy (non-hydrogen) atoms. The Morgan fingerprint density at radius 2 is 1.57 bits per heavy atom. The van der Waals surface area contributed by atoms with Crippen molar-refractivity contribution in [3.63, 3.8) is 0 Å². The van der Waals surface area contributed by atoms with E-state index in [1.54, 1.807) is 12.1 Å². The molecule has 1 N–H and O–H groups in total. The molecule has 0 saturated carbocycles. The first kappa shape index (κ1) is 14.6. The molecule has 116 valence electrons. The first-order valence-electron chi connectivity index (χ1n) is 6.69. The van der Waals surface area contributed by atoms with Gasteiger partial charge in [0.1, 0.15) is 5.52 Å². The summed E-state index contributed by atoms with van der Waals surface area (Å²) >= 11 is 0.